The summed E-state index contributed by atoms with van der Waals surface area (Å²) in [6, 6.07) is 6.30. The van der Waals surface area contributed by atoms with E-state index in [1.165, 1.54) is 11.3 Å². The molecule has 2 N–H and O–H groups in total. The number of hydrogen-bond donors (Lipinski definition) is 1. The number of halogens is 1. The van der Waals surface area contributed by atoms with Crippen LogP contribution in [-0.4, -0.2) is 13.1 Å². The SMILES string of the molecule is CCc1cc(N(CC)CC)ccc1N.Cl. The van der Waals surface area contributed by atoms with E-state index in [4.69, 9.17) is 5.73 Å². The fourth-order valence-corrected chi connectivity index (χ4v) is 1.68. The summed E-state index contributed by atoms with van der Waals surface area (Å²) in [6.07, 6.45) is 1.00. The lowest BCUT2D eigenvalue weighted by Crippen LogP contribution is -2.21. The molecule has 0 aliphatic heterocycles. The molecule has 0 spiro atoms. The zero-order chi connectivity index (χ0) is 10.6. The molecule has 1 aromatic rings. The molecule has 86 valence electrons. The Morgan fingerprint density at radius 2 is 1.73 bits per heavy atom. The second-order valence-electron chi connectivity index (χ2n) is 3.41. The van der Waals surface area contributed by atoms with Crippen LogP contribution in [0, 0.1) is 0 Å². The van der Waals surface area contributed by atoms with Crippen LogP contribution in [0.1, 0.15) is 26.3 Å². The quantitative estimate of drug-likeness (QED) is 0.803. The van der Waals surface area contributed by atoms with Gasteiger partial charge in [-0.3, -0.25) is 0 Å². The maximum atomic E-state index is 5.86. The standard InChI is InChI=1S/C12H20N2.ClH/c1-4-10-9-11(7-8-12(10)13)14(5-2)6-3;/h7-9H,4-6,13H2,1-3H3;1H. The van der Waals surface area contributed by atoms with Gasteiger partial charge in [-0.2, -0.15) is 0 Å². The first-order valence-corrected chi connectivity index (χ1v) is 5.36. The predicted molar refractivity (Wildman–Crippen MR) is 71.0 cm³/mol. The normalized spacial score (nSPS) is 9.53. The molecule has 0 atom stereocenters. The Morgan fingerprint density at radius 1 is 1.13 bits per heavy atom. The lowest BCUT2D eigenvalue weighted by Gasteiger charge is -2.22. The molecule has 0 radical (unpaired) electrons. The second-order valence-corrected chi connectivity index (χ2v) is 3.41. The topological polar surface area (TPSA) is 29.3 Å². The summed E-state index contributed by atoms with van der Waals surface area (Å²) < 4.78 is 0. The lowest BCUT2D eigenvalue weighted by molar-refractivity contribution is 0.865. The first-order valence-electron chi connectivity index (χ1n) is 5.36. The summed E-state index contributed by atoms with van der Waals surface area (Å²) in [5, 5.41) is 0. The van der Waals surface area contributed by atoms with Gasteiger partial charge < -0.3 is 10.6 Å². The molecule has 0 saturated carbocycles. The Morgan fingerprint density at radius 3 is 2.20 bits per heavy atom. The van der Waals surface area contributed by atoms with Crippen molar-refractivity contribution in [2.75, 3.05) is 23.7 Å². The number of nitrogens with zero attached hydrogens (tertiary/aromatic N) is 1. The fourth-order valence-electron chi connectivity index (χ4n) is 1.68. The molecular weight excluding hydrogens is 208 g/mol. The monoisotopic (exact) mass is 228 g/mol. The molecule has 0 bridgehead atoms. The van der Waals surface area contributed by atoms with Crippen LogP contribution in [0.4, 0.5) is 11.4 Å². The van der Waals surface area contributed by atoms with Crippen molar-refractivity contribution in [3.05, 3.63) is 23.8 Å². The second kappa shape index (κ2) is 6.57. The molecule has 15 heavy (non-hydrogen) atoms. The minimum atomic E-state index is 0. The maximum Gasteiger partial charge on any atom is 0.0370 e. The minimum absolute atomic E-state index is 0. The van der Waals surface area contributed by atoms with Gasteiger partial charge in [0.2, 0.25) is 0 Å². The van der Waals surface area contributed by atoms with Crippen LogP contribution in [0.15, 0.2) is 18.2 Å². The number of nitrogen functional groups attached to an aromatic ring is 1. The highest BCUT2D eigenvalue weighted by atomic mass is 35.5. The van der Waals surface area contributed by atoms with Gasteiger partial charge in [0.1, 0.15) is 0 Å². The Kier molecular flexibility index (Phi) is 6.18. The first kappa shape index (κ1) is 14.1. The molecule has 0 saturated heterocycles. The van der Waals surface area contributed by atoms with Crippen LogP contribution in [0.3, 0.4) is 0 Å². The van der Waals surface area contributed by atoms with Crippen LogP contribution in [0.2, 0.25) is 0 Å². The van der Waals surface area contributed by atoms with Gasteiger partial charge in [-0.15, -0.1) is 12.4 Å². The van der Waals surface area contributed by atoms with Crippen molar-refractivity contribution in [2.45, 2.75) is 27.2 Å². The van der Waals surface area contributed by atoms with Crippen LogP contribution in [0.5, 0.6) is 0 Å². The zero-order valence-electron chi connectivity index (χ0n) is 9.79. The molecular formula is C12H21ClN2. The van der Waals surface area contributed by atoms with Crippen molar-refractivity contribution in [2.24, 2.45) is 0 Å². The van der Waals surface area contributed by atoms with Crippen molar-refractivity contribution in [1.82, 2.24) is 0 Å². The molecule has 0 amide bonds. The summed E-state index contributed by atoms with van der Waals surface area (Å²) in [4.78, 5) is 2.33. The summed E-state index contributed by atoms with van der Waals surface area (Å²) >= 11 is 0. The molecule has 2 nitrogen and oxygen atoms in total. The molecule has 0 unspecified atom stereocenters. The van der Waals surface area contributed by atoms with Gasteiger partial charge >= 0.3 is 0 Å². The van der Waals surface area contributed by atoms with E-state index in [1.54, 1.807) is 0 Å². The third-order valence-electron chi connectivity index (χ3n) is 2.64. The first-order chi connectivity index (χ1) is 6.72. The summed E-state index contributed by atoms with van der Waals surface area (Å²) in [5.41, 5.74) is 9.29. The molecule has 0 aliphatic carbocycles. The van der Waals surface area contributed by atoms with Crippen LogP contribution in [0.25, 0.3) is 0 Å². The Hall–Kier alpha value is -0.890. The van der Waals surface area contributed by atoms with Gasteiger partial charge in [0.15, 0.2) is 0 Å². The average Bonchev–Trinajstić information content (AvgIpc) is 2.22. The highest BCUT2D eigenvalue weighted by molar-refractivity contribution is 5.85. The fraction of sp³-hybridized carbons (Fsp3) is 0.500. The van der Waals surface area contributed by atoms with Crippen molar-refractivity contribution in [3.8, 4) is 0 Å². The zero-order valence-corrected chi connectivity index (χ0v) is 10.6. The number of aryl methyl sites for hydroxylation is 1. The van der Waals surface area contributed by atoms with Crippen LogP contribution >= 0.6 is 12.4 Å². The van der Waals surface area contributed by atoms with E-state index in [0.29, 0.717) is 0 Å². The van der Waals surface area contributed by atoms with Crippen molar-refractivity contribution in [3.63, 3.8) is 0 Å². The Bertz CT molecular complexity index is 296. The Labute approximate surface area is 98.9 Å². The van der Waals surface area contributed by atoms with Gasteiger partial charge in [0.05, 0.1) is 0 Å². The van der Waals surface area contributed by atoms with Crippen LogP contribution < -0.4 is 10.6 Å². The number of rotatable bonds is 4. The predicted octanol–water partition coefficient (Wildman–Crippen LogP) is 3.10. The van der Waals surface area contributed by atoms with E-state index in [-0.39, 0.29) is 12.4 Å². The van der Waals surface area contributed by atoms with Gasteiger partial charge in [-0.05, 0) is 44.0 Å². The minimum Gasteiger partial charge on any atom is -0.399 e. The number of nitrogens with two attached hydrogens (primary N) is 1. The van der Waals surface area contributed by atoms with E-state index >= 15 is 0 Å². The van der Waals surface area contributed by atoms with E-state index < -0.39 is 0 Å². The highest BCUT2D eigenvalue weighted by Gasteiger charge is 2.03. The number of benzene rings is 1. The maximum absolute atomic E-state index is 5.86. The molecule has 0 aliphatic rings. The molecule has 1 aromatic carbocycles. The summed E-state index contributed by atoms with van der Waals surface area (Å²) in [7, 11) is 0. The van der Waals surface area contributed by atoms with E-state index in [1.807, 2.05) is 6.07 Å². The largest absolute Gasteiger partial charge is 0.399 e. The van der Waals surface area contributed by atoms with E-state index in [0.717, 1.165) is 25.2 Å². The molecule has 3 heteroatoms. The van der Waals surface area contributed by atoms with Gasteiger partial charge in [0.25, 0.3) is 0 Å². The molecule has 1 rings (SSSR count). The van der Waals surface area contributed by atoms with Crippen molar-refractivity contribution in [1.29, 1.82) is 0 Å². The number of anilines is 2. The molecule has 0 aromatic heterocycles. The smallest absolute Gasteiger partial charge is 0.0370 e. The lowest BCUT2D eigenvalue weighted by atomic mass is 10.1. The van der Waals surface area contributed by atoms with E-state index in [9.17, 15) is 0 Å². The van der Waals surface area contributed by atoms with Gasteiger partial charge in [-0.25, -0.2) is 0 Å². The summed E-state index contributed by atoms with van der Waals surface area (Å²) in [5.74, 6) is 0. The third-order valence-corrected chi connectivity index (χ3v) is 2.64. The number of hydrogen-bond acceptors (Lipinski definition) is 2. The van der Waals surface area contributed by atoms with E-state index in [2.05, 4.69) is 37.8 Å². The van der Waals surface area contributed by atoms with Crippen molar-refractivity contribution >= 4 is 23.8 Å². The van der Waals surface area contributed by atoms with Gasteiger partial charge in [-0.1, -0.05) is 6.92 Å². The molecule has 0 heterocycles. The van der Waals surface area contributed by atoms with Crippen LogP contribution in [-0.2, 0) is 6.42 Å². The average molecular weight is 229 g/mol. The molecule has 0 fully saturated rings. The van der Waals surface area contributed by atoms with Crippen molar-refractivity contribution < 1.29 is 0 Å². The van der Waals surface area contributed by atoms with Gasteiger partial charge in [0, 0.05) is 24.5 Å². The summed E-state index contributed by atoms with van der Waals surface area (Å²) in [6.45, 7) is 8.57. The third kappa shape index (κ3) is 3.31. The highest BCUT2D eigenvalue weighted by Crippen LogP contribution is 2.21. The Balaban J connectivity index is 0.00000196.